The number of aryl methyl sites for hydroxylation is 1. The summed E-state index contributed by atoms with van der Waals surface area (Å²) in [5.74, 6) is -2.37. The number of unbranched alkanes of at least 4 members (excludes halogenated alkanes) is 2. The molecule has 2 N–H and O–H groups in total. The Morgan fingerprint density at radius 1 is 0.695 bits per heavy atom. The molecule has 13 nitrogen and oxygen atoms in total. The van der Waals surface area contributed by atoms with Gasteiger partial charge in [0.05, 0.1) is 73.4 Å². The number of nitrogens with one attached hydrogen (secondary N) is 2. The Kier molecular flexibility index (Phi) is 17.1. The number of ether oxygens (including phenoxy) is 4. The van der Waals surface area contributed by atoms with Crippen molar-refractivity contribution in [3.8, 4) is 11.5 Å². The molecule has 0 atom stereocenters. The number of esters is 2. The summed E-state index contributed by atoms with van der Waals surface area (Å²) in [6.45, 7) is 9.68. The molecule has 0 aliphatic carbocycles. The summed E-state index contributed by atoms with van der Waals surface area (Å²) < 4.78 is 63.2. The zero-order valence-corrected chi connectivity index (χ0v) is 32.1. The summed E-state index contributed by atoms with van der Waals surface area (Å²) in [4.78, 5) is 60.2. The fourth-order valence-electron chi connectivity index (χ4n) is 4.95. The molecule has 0 aliphatic rings. The summed E-state index contributed by atoms with van der Waals surface area (Å²) in [6, 6.07) is 14.8. The van der Waals surface area contributed by atoms with Crippen molar-refractivity contribution in [1.29, 1.82) is 0 Å². The van der Waals surface area contributed by atoms with Crippen molar-refractivity contribution in [3.63, 3.8) is 0 Å². The van der Waals surface area contributed by atoms with Crippen molar-refractivity contribution in [2.24, 2.45) is 4.99 Å². The van der Waals surface area contributed by atoms with E-state index in [1.807, 2.05) is 0 Å². The van der Waals surface area contributed by atoms with E-state index < -0.39 is 41.2 Å². The lowest BCUT2D eigenvalue weighted by Crippen LogP contribution is -2.30. The second-order valence-electron chi connectivity index (χ2n) is 12.5. The van der Waals surface area contributed by atoms with E-state index in [4.69, 9.17) is 18.9 Å². The van der Waals surface area contributed by atoms with Crippen molar-refractivity contribution >= 4 is 59.2 Å². The first-order chi connectivity index (χ1) is 28.3. The number of carbonyl (C=O) groups excluding carboxylic acids is 4. The molecule has 0 saturated heterocycles. The number of alkyl halides is 3. The molecular weight excluding hydrogens is 771 g/mol. The Labute approximate surface area is 338 Å². The van der Waals surface area contributed by atoms with Crippen molar-refractivity contribution in [3.05, 3.63) is 126 Å². The van der Waals surface area contributed by atoms with Gasteiger partial charge in [-0.1, -0.05) is 25.3 Å². The van der Waals surface area contributed by atoms with Crippen molar-refractivity contribution in [1.82, 2.24) is 9.97 Å². The van der Waals surface area contributed by atoms with Gasteiger partial charge in [0.25, 0.3) is 0 Å². The van der Waals surface area contributed by atoms with Crippen LogP contribution in [0.25, 0.3) is 12.2 Å². The first-order valence-electron chi connectivity index (χ1n) is 18.3. The number of hydrogen-bond donors (Lipinski definition) is 2. The number of halogens is 3. The molecule has 4 rings (SSSR count). The number of carbonyl (C=O) groups is 4. The van der Waals surface area contributed by atoms with Gasteiger partial charge in [-0.2, -0.15) is 13.2 Å². The molecule has 0 saturated carbocycles. The van der Waals surface area contributed by atoms with Crippen LogP contribution >= 0.6 is 0 Å². The minimum atomic E-state index is -4.88. The lowest BCUT2D eigenvalue weighted by atomic mass is 10.1. The highest BCUT2D eigenvalue weighted by atomic mass is 19.4. The maximum atomic E-state index is 14.1. The van der Waals surface area contributed by atoms with Crippen LogP contribution in [0.15, 0.2) is 103 Å². The van der Waals surface area contributed by atoms with E-state index >= 15 is 0 Å². The molecule has 0 aliphatic heterocycles. The molecule has 16 heteroatoms. The summed E-state index contributed by atoms with van der Waals surface area (Å²) in [7, 11) is 0. The monoisotopic (exact) mass is 813 g/mol. The Hall–Kier alpha value is -7.10. The molecular formula is C43H42F3N5O8. The Bertz CT molecular complexity index is 2150. The number of anilines is 2. The second-order valence-corrected chi connectivity index (χ2v) is 12.5. The lowest BCUT2D eigenvalue weighted by Gasteiger charge is -2.15. The summed E-state index contributed by atoms with van der Waals surface area (Å²) in [5.41, 5.74) is 0.761. The van der Waals surface area contributed by atoms with E-state index in [1.54, 1.807) is 67.7 Å². The predicted octanol–water partition coefficient (Wildman–Crippen LogP) is 8.08. The molecule has 0 spiro atoms. The maximum Gasteiger partial charge on any atom is 0.418 e. The van der Waals surface area contributed by atoms with E-state index in [0.717, 1.165) is 29.8 Å². The van der Waals surface area contributed by atoms with Gasteiger partial charge in [0.15, 0.2) is 0 Å². The van der Waals surface area contributed by atoms with Gasteiger partial charge in [-0.15, -0.1) is 0 Å². The third-order valence-electron chi connectivity index (χ3n) is 8.01. The number of pyridine rings is 2. The van der Waals surface area contributed by atoms with Gasteiger partial charge in [0.1, 0.15) is 11.5 Å². The Morgan fingerprint density at radius 2 is 1.24 bits per heavy atom. The number of aliphatic imine (C=N–C) groups is 1. The molecule has 2 aromatic carbocycles. The number of rotatable bonds is 20. The minimum Gasteiger partial charge on any atom is -0.492 e. The van der Waals surface area contributed by atoms with Crippen molar-refractivity contribution in [2.75, 3.05) is 37.1 Å². The van der Waals surface area contributed by atoms with E-state index in [9.17, 15) is 32.3 Å². The van der Waals surface area contributed by atoms with Crippen LogP contribution in [0, 0.1) is 6.92 Å². The number of hydrogen-bond acceptors (Lipinski definition) is 11. The quantitative estimate of drug-likeness (QED) is 0.0293. The second kappa shape index (κ2) is 22.6. The predicted molar refractivity (Wildman–Crippen MR) is 216 cm³/mol. The maximum absolute atomic E-state index is 14.1. The zero-order valence-electron chi connectivity index (χ0n) is 32.1. The highest BCUT2D eigenvalue weighted by molar-refractivity contribution is 6.43. The third kappa shape index (κ3) is 15.4. The summed E-state index contributed by atoms with van der Waals surface area (Å²) >= 11 is 0. The van der Waals surface area contributed by atoms with Crippen molar-refractivity contribution in [2.45, 2.75) is 38.8 Å². The van der Waals surface area contributed by atoms with Crippen LogP contribution in [0.5, 0.6) is 11.5 Å². The van der Waals surface area contributed by atoms with Crippen molar-refractivity contribution < 1.29 is 51.3 Å². The third-order valence-corrected chi connectivity index (χ3v) is 8.01. The van der Waals surface area contributed by atoms with Gasteiger partial charge < -0.3 is 29.6 Å². The van der Waals surface area contributed by atoms with Gasteiger partial charge in [0.2, 0.25) is 0 Å². The molecule has 0 fully saturated rings. The van der Waals surface area contributed by atoms with Gasteiger partial charge >= 0.3 is 29.9 Å². The fourth-order valence-corrected chi connectivity index (χ4v) is 4.95. The lowest BCUT2D eigenvalue weighted by molar-refractivity contribution is -0.138. The van der Waals surface area contributed by atoms with Gasteiger partial charge in [-0.05, 0) is 104 Å². The van der Waals surface area contributed by atoms with Crippen LogP contribution in [-0.4, -0.2) is 66.4 Å². The van der Waals surface area contributed by atoms with Crippen LogP contribution in [0.1, 0.15) is 53.8 Å². The van der Waals surface area contributed by atoms with E-state index in [2.05, 4.69) is 38.8 Å². The normalized spacial score (nSPS) is 11.2. The largest absolute Gasteiger partial charge is 0.492 e. The average molecular weight is 814 g/mol. The van der Waals surface area contributed by atoms with Crippen LogP contribution in [-0.2, 0) is 34.8 Å². The molecule has 0 bridgehead atoms. The Morgan fingerprint density at radius 3 is 1.76 bits per heavy atom. The zero-order chi connectivity index (χ0) is 42.6. The molecule has 59 heavy (non-hydrogen) atoms. The smallest absolute Gasteiger partial charge is 0.418 e. The molecule has 2 aromatic heterocycles. The van der Waals surface area contributed by atoms with Gasteiger partial charge in [-0.25, -0.2) is 9.59 Å². The highest BCUT2D eigenvalue weighted by Gasteiger charge is 2.35. The number of aromatic nitrogens is 2. The van der Waals surface area contributed by atoms with Crippen LogP contribution < -0.4 is 20.1 Å². The van der Waals surface area contributed by atoms with Crippen LogP contribution in [0.2, 0.25) is 0 Å². The first-order valence-corrected chi connectivity index (χ1v) is 18.3. The van der Waals surface area contributed by atoms with E-state index in [1.165, 1.54) is 18.5 Å². The minimum absolute atomic E-state index is 0.0698. The highest BCUT2D eigenvalue weighted by Crippen LogP contribution is 2.37. The van der Waals surface area contributed by atoms with Gasteiger partial charge in [-0.3, -0.25) is 24.5 Å². The van der Waals surface area contributed by atoms with E-state index in [-0.39, 0.29) is 18.9 Å². The first kappa shape index (κ1) is 44.6. The average Bonchev–Trinajstić information content (AvgIpc) is 3.23. The number of benzene rings is 2. The molecule has 2 amide bonds. The number of nitrogens with zero attached hydrogens (tertiary/aromatic N) is 3. The summed E-state index contributed by atoms with van der Waals surface area (Å²) in [6.07, 6.45) is 7.74. The molecule has 2 heterocycles. The van der Waals surface area contributed by atoms with E-state index in [0.29, 0.717) is 73.0 Å². The van der Waals surface area contributed by atoms with Gasteiger partial charge in [0, 0.05) is 17.8 Å². The fraction of sp³-hybridized carbons (Fsp3) is 0.233. The molecule has 308 valence electrons. The molecule has 0 radical (unpaired) electrons. The molecule has 0 unspecified atom stereocenters. The summed E-state index contributed by atoms with van der Waals surface area (Å²) in [5, 5.41) is 4.50. The molecule has 4 aromatic rings. The van der Waals surface area contributed by atoms with Crippen LogP contribution in [0.4, 0.5) is 30.2 Å². The van der Waals surface area contributed by atoms with Crippen LogP contribution in [0.3, 0.4) is 0 Å². The number of amides is 2. The topological polar surface area (TPSA) is 167 Å². The Balaban J connectivity index is 1.27. The SMILES string of the molecule is C=CC(=O)OCCCCOc1ccc(C=Nc2ccc(NC(=O)C(=O)Nc3ccc(/C=C/c4ccc(OCCCCOC(=O)C=C)cn4)cc3C)c(C(F)(F)F)c2)nc1. The standard InChI is InChI=1S/C43H42F3N5O8/c1-4-39(52)58-22-8-6-20-56-34-16-13-31(48-27-34)12-10-30-11-18-37(29(3)24-30)50-41(54)42(55)51-38-19-15-32(25-36(38)43(44,45)46)47-26-33-14-17-35(28-49-33)57-21-7-9-23-59-40(53)5-2/h4-5,10-19,24-28H,1-2,6-9,20-23H2,3H3,(H,50,54)(H,51,55)/b12-10+,47-26?.